The van der Waals surface area contributed by atoms with Crippen molar-refractivity contribution in [1.82, 2.24) is 0 Å². The van der Waals surface area contributed by atoms with Crippen molar-refractivity contribution in [1.29, 1.82) is 0 Å². The molecule has 9 heteroatoms. The second-order valence-corrected chi connectivity index (χ2v) is 8.23. The number of nitrogens with zero attached hydrogens (tertiary/aromatic N) is 1. The number of non-ortho nitro benzene ring substituents is 1. The Bertz CT molecular complexity index is 1160. The van der Waals surface area contributed by atoms with E-state index in [-0.39, 0.29) is 22.0 Å². The molecule has 0 atom stereocenters. The van der Waals surface area contributed by atoms with E-state index in [4.69, 9.17) is 4.74 Å². The second kappa shape index (κ2) is 8.83. The molecule has 0 radical (unpaired) electrons. The van der Waals surface area contributed by atoms with Gasteiger partial charge in [-0.1, -0.05) is 42.0 Å². The lowest BCUT2D eigenvalue weighted by Crippen LogP contribution is -2.16. The third kappa shape index (κ3) is 4.87. The number of methoxy groups -OCH3 is 1. The van der Waals surface area contributed by atoms with Crippen molar-refractivity contribution in [2.24, 2.45) is 0 Å². The van der Waals surface area contributed by atoms with Gasteiger partial charge in [0.25, 0.3) is 15.7 Å². The molecule has 0 saturated heterocycles. The Balaban J connectivity index is 1.96. The smallest absolute Gasteiger partial charge is 0.270 e. The number of hydrogen-bond donors (Lipinski definition) is 2. The average molecular weight is 427 g/mol. The molecule has 2 N–H and O–H groups in total. The molecule has 0 aliphatic carbocycles. The summed E-state index contributed by atoms with van der Waals surface area (Å²) in [7, 11) is -2.71. The quantitative estimate of drug-likeness (QED) is 0.409. The first-order valence-corrected chi connectivity index (χ1v) is 10.5. The number of anilines is 2. The van der Waals surface area contributed by atoms with Crippen LogP contribution in [0.2, 0.25) is 0 Å². The molecule has 30 heavy (non-hydrogen) atoms. The fourth-order valence-corrected chi connectivity index (χ4v) is 4.10. The molecule has 156 valence electrons. The second-order valence-electron chi connectivity index (χ2n) is 6.58. The molecular formula is C21H21N3O5S. The number of hydrogen-bond acceptors (Lipinski definition) is 6. The van der Waals surface area contributed by atoms with Gasteiger partial charge in [-0.05, 0) is 30.7 Å². The number of benzene rings is 3. The lowest BCUT2D eigenvalue weighted by molar-refractivity contribution is -0.385. The van der Waals surface area contributed by atoms with Gasteiger partial charge in [-0.3, -0.25) is 14.8 Å². The molecule has 3 rings (SSSR count). The van der Waals surface area contributed by atoms with E-state index in [2.05, 4.69) is 10.0 Å². The first kappa shape index (κ1) is 21.1. The lowest BCUT2D eigenvalue weighted by atomic mass is 10.1. The number of nitrogens with one attached hydrogen (secondary N) is 2. The first-order valence-electron chi connectivity index (χ1n) is 9.04. The molecule has 0 aliphatic rings. The third-order valence-corrected chi connectivity index (χ3v) is 5.83. The number of sulfonamides is 1. The van der Waals surface area contributed by atoms with Crippen LogP contribution in [-0.4, -0.2) is 20.5 Å². The normalized spacial score (nSPS) is 11.0. The van der Waals surface area contributed by atoms with Crippen LogP contribution in [0.4, 0.5) is 17.1 Å². The minimum absolute atomic E-state index is 0.227. The molecule has 8 nitrogen and oxygen atoms in total. The predicted octanol–water partition coefficient (Wildman–Crippen LogP) is 4.32. The Morgan fingerprint density at radius 3 is 2.37 bits per heavy atom. The summed E-state index contributed by atoms with van der Waals surface area (Å²) in [5.41, 5.74) is 2.22. The molecule has 3 aromatic rings. The number of aryl methyl sites for hydroxylation is 1. The van der Waals surface area contributed by atoms with E-state index in [0.29, 0.717) is 12.3 Å². The number of nitro benzene ring substituents is 1. The van der Waals surface area contributed by atoms with Crippen molar-refractivity contribution in [3.63, 3.8) is 0 Å². The zero-order chi connectivity index (χ0) is 21.7. The summed E-state index contributed by atoms with van der Waals surface area (Å²) in [6.07, 6.45) is 0. The Morgan fingerprint density at radius 2 is 1.70 bits per heavy atom. The highest BCUT2D eigenvalue weighted by molar-refractivity contribution is 7.93. The van der Waals surface area contributed by atoms with E-state index in [9.17, 15) is 18.5 Å². The maximum absolute atomic E-state index is 13.1. The Kier molecular flexibility index (Phi) is 6.22. The van der Waals surface area contributed by atoms with Crippen LogP contribution in [0.3, 0.4) is 0 Å². The van der Waals surface area contributed by atoms with Gasteiger partial charge in [-0.2, -0.15) is 0 Å². The largest absolute Gasteiger partial charge is 0.495 e. The number of para-hydroxylation sites is 2. The molecule has 0 saturated carbocycles. The SMILES string of the molecule is COc1ccccc1NS(=O)(=O)c1cc([N+](=O)[O-])ccc1NCc1ccc(C)cc1. The molecule has 0 spiro atoms. The maximum Gasteiger partial charge on any atom is 0.270 e. The molecule has 0 unspecified atom stereocenters. The molecule has 0 heterocycles. The molecule has 0 amide bonds. The van der Waals surface area contributed by atoms with Crippen molar-refractivity contribution >= 4 is 27.1 Å². The van der Waals surface area contributed by atoms with Gasteiger partial charge in [-0.25, -0.2) is 8.42 Å². The zero-order valence-electron chi connectivity index (χ0n) is 16.5. The Labute approximate surface area is 174 Å². The first-order chi connectivity index (χ1) is 14.3. The fourth-order valence-electron chi connectivity index (χ4n) is 2.82. The zero-order valence-corrected chi connectivity index (χ0v) is 17.3. The van der Waals surface area contributed by atoms with Crippen molar-refractivity contribution in [2.45, 2.75) is 18.4 Å². The summed E-state index contributed by atoms with van der Waals surface area (Å²) in [5, 5.41) is 14.3. The van der Waals surface area contributed by atoms with Gasteiger partial charge in [0.05, 0.1) is 23.4 Å². The Hall–Kier alpha value is -3.59. The highest BCUT2D eigenvalue weighted by Crippen LogP contribution is 2.31. The van der Waals surface area contributed by atoms with Crippen LogP contribution in [0, 0.1) is 17.0 Å². The Morgan fingerprint density at radius 1 is 1.00 bits per heavy atom. The van der Waals surface area contributed by atoms with Crippen LogP contribution in [0.5, 0.6) is 5.75 Å². The van der Waals surface area contributed by atoms with Crippen molar-refractivity contribution < 1.29 is 18.1 Å². The number of nitro groups is 1. The van der Waals surface area contributed by atoms with E-state index in [0.717, 1.165) is 17.2 Å². The van der Waals surface area contributed by atoms with Crippen LogP contribution >= 0.6 is 0 Å². The van der Waals surface area contributed by atoms with Crippen LogP contribution in [0.15, 0.2) is 71.6 Å². The summed E-state index contributed by atoms with van der Waals surface area (Å²) in [5.74, 6) is 0.334. The molecule has 0 bridgehead atoms. The van der Waals surface area contributed by atoms with Crippen LogP contribution < -0.4 is 14.8 Å². The summed E-state index contributed by atoms with van der Waals surface area (Å²) in [4.78, 5) is 10.4. The van der Waals surface area contributed by atoms with Crippen molar-refractivity contribution in [2.75, 3.05) is 17.1 Å². The van der Waals surface area contributed by atoms with Crippen LogP contribution in [0.25, 0.3) is 0 Å². The molecule has 0 fully saturated rings. The van der Waals surface area contributed by atoms with Crippen LogP contribution in [0.1, 0.15) is 11.1 Å². The minimum atomic E-state index is -4.14. The molecule has 3 aromatic carbocycles. The van der Waals surface area contributed by atoms with E-state index in [1.807, 2.05) is 31.2 Å². The summed E-state index contributed by atoms with van der Waals surface area (Å²) >= 11 is 0. The fraction of sp³-hybridized carbons (Fsp3) is 0.143. The standard InChI is InChI=1S/C21H21N3O5S/c1-15-7-9-16(10-8-15)14-22-19-12-11-17(24(25)26)13-21(19)30(27,28)23-18-5-3-4-6-20(18)29-2/h3-13,22-23H,14H2,1-2H3. The molecule has 0 aromatic heterocycles. The van der Waals surface area contributed by atoms with Gasteiger partial charge in [0.15, 0.2) is 0 Å². The average Bonchev–Trinajstić information content (AvgIpc) is 2.73. The lowest BCUT2D eigenvalue weighted by Gasteiger charge is -2.15. The monoisotopic (exact) mass is 427 g/mol. The topological polar surface area (TPSA) is 111 Å². The van der Waals surface area contributed by atoms with Gasteiger partial charge >= 0.3 is 0 Å². The van der Waals surface area contributed by atoms with Crippen molar-refractivity contribution in [3.8, 4) is 5.75 Å². The summed E-state index contributed by atoms with van der Waals surface area (Å²) in [6.45, 7) is 2.33. The number of rotatable bonds is 8. The molecule has 0 aliphatic heterocycles. The minimum Gasteiger partial charge on any atom is -0.495 e. The highest BCUT2D eigenvalue weighted by Gasteiger charge is 2.23. The van der Waals surface area contributed by atoms with E-state index >= 15 is 0 Å². The summed E-state index contributed by atoms with van der Waals surface area (Å²) in [6, 6.07) is 18.0. The van der Waals surface area contributed by atoms with Crippen LogP contribution in [-0.2, 0) is 16.6 Å². The van der Waals surface area contributed by atoms with E-state index < -0.39 is 14.9 Å². The summed E-state index contributed by atoms with van der Waals surface area (Å²) < 4.78 is 33.8. The van der Waals surface area contributed by atoms with Gasteiger partial charge in [-0.15, -0.1) is 0 Å². The van der Waals surface area contributed by atoms with Gasteiger partial charge in [0.1, 0.15) is 10.6 Å². The highest BCUT2D eigenvalue weighted by atomic mass is 32.2. The van der Waals surface area contributed by atoms with Gasteiger partial charge in [0.2, 0.25) is 0 Å². The van der Waals surface area contributed by atoms with E-state index in [1.165, 1.54) is 19.2 Å². The predicted molar refractivity (Wildman–Crippen MR) is 115 cm³/mol. The maximum atomic E-state index is 13.1. The number of ether oxygens (including phenoxy) is 1. The van der Waals surface area contributed by atoms with Gasteiger partial charge in [0, 0.05) is 18.7 Å². The van der Waals surface area contributed by atoms with Gasteiger partial charge < -0.3 is 10.1 Å². The molecular weight excluding hydrogens is 406 g/mol. The van der Waals surface area contributed by atoms with Crippen molar-refractivity contribution in [3.05, 3.63) is 88.0 Å². The third-order valence-electron chi connectivity index (χ3n) is 4.42. The van der Waals surface area contributed by atoms with E-state index in [1.54, 1.807) is 24.3 Å².